The van der Waals surface area contributed by atoms with Gasteiger partial charge in [0.15, 0.2) is 5.78 Å². The van der Waals surface area contributed by atoms with Crippen LogP contribution in [-0.4, -0.2) is 31.0 Å². The molecule has 0 heterocycles. The fourth-order valence-corrected chi connectivity index (χ4v) is 2.89. The molecular formula is C20H18O6S. The van der Waals surface area contributed by atoms with Crippen LogP contribution in [-0.2, 0) is 10.1 Å². The van der Waals surface area contributed by atoms with E-state index in [-0.39, 0.29) is 16.9 Å². The molecule has 0 aliphatic carbocycles. The Kier molecular flexibility index (Phi) is 6.70. The van der Waals surface area contributed by atoms with Crippen molar-refractivity contribution < 1.29 is 27.6 Å². The molecule has 0 bridgehead atoms. The highest BCUT2D eigenvalue weighted by Crippen LogP contribution is 2.32. The Bertz CT molecular complexity index is 973. The van der Waals surface area contributed by atoms with E-state index in [1.165, 1.54) is 19.2 Å². The van der Waals surface area contributed by atoms with Crippen molar-refractivity contribution in [1.29, 1.82) is 0 Å². The molecule has 7 heteroatoms. The lowest BCUT2D eigenvalue weighted by molar-refractivity contribution is 0.103. The molecule has 0 unspecified atom stereocenters. The van der Waals surface area contributed by atoms with Gasteiger partial charge in [0.1, 0.15) is 16.4 Å². The molecular weight excluding hydrogens is 368 g/mol. The summed E-state index contributed by atoms with van der Waals surface area (Å²) in [6.07, 6.45) is 0. The first kappa shape index (κ1) is 20.2. The number of methoxy groups -OCH3 is 1. The molecule has 0 fully saturated rings. The molecule has 3 rings (SSSR count). The normalized spacial score (nSPS) is 10.4. The third-order valence-electron chi connectivity index (χ3n) is 3.51. The Hall–Kier alpha value is -3.16. The lowest BCUT2D eigenvalue weighted by Gasteiger charge is -2.10. The Balaban J connectivity index is 0.000000369. The van der Waals surface area contributed by atoms with Gasteiger partial charge in [0.05, 0.1) is 12.7 Å². The molecule has 0 saturated heterocycles. The molecule has 27 heavy (non-hydrogen) atoms. The van der Waals surface area contributed by atoms with Crippen LogP contribution in [0.4, 0.5) is 0 Å². The Morgan fingerprint density at radius 1 is 0.889 bits per heavy atom. The number of rotatable bonds is 4. The standard InChI is InChI=1S/C14H12O6S.C6H6/c1-20-12-8-11(15)10(7-13(12)21(17,18)19)14(16)9-5-3-2-4-6-9;1-2-4-6-5-3-1/h2-8,15H,1H3,(H,17,18,19);1-6H. The quantitative estimate of drug-likeness (QED) is 0.525. The van der Waals surface area contributed by atoms with E-state index in [1.807, 2.05) is 36.4 Å². The second kappa shape index (κ2) is 8.98. The maximum Gasteiger partial charge on any atom is 0.298 e. The molecule has 0 aromatic heterocycles. The van der Waals surface area contributed by atoms with Crippen molar-refractivity contribution in [3.05, 3.63) is 90.0 Å². The van der Waals surface area contributed by atoms with Crippen molar-refractivity contribution in [3.63, 3.8) is 0 Å². The number of hydrogen-bond donors (Lipinski definition) is 2. The largest absolute Gasteiger partial charge is 0.507 e. The Morgan fingerprint density at radius 2 is 1.37 bits per heavy atom. The number of aromatic hydroxyl groups is 1. The summed E-state index contributed by atoms with van der Waals surface area (Å²) in [5, 5.41) is 9.87. The van der Waals surface area contributed by atoms with Gasteiger partial charge >= 0.3 is 0 Å². The topological polar surface area (TPSA) is 101 Å². The van der Waals surface area contributed by atoms with Crippen molar-refractivity contribution >= 4 is 15.9 Å². The van der Waals surface area contributed by atoms with Gasteiger partial charge in [-0.15, -0.1) is 0 Å². The molecule has 0 spiro atoms. The van der Waals surface area contributed by atoms with Gasteiger partial charge < -0.3 is 9.84 Å². The average molecular weight is 386 g/mol. The van der Waals surface area contributed by atoms with E-state index in [1.54, 1.807) is 18.2 Å². The molecule has 0 aliphatic rings. The van der Waals surface area contributed by atoms with Crippen molar-refractivity contribution in [3.8, 4) is 11.5 Å². The lowest BCUT2D eigenvalue weighted by Crippen LogP contribution is -2.07. The van der Waals surface area contributed by atoms with E-state index in [0.717, 1.165) is 12.1 Å². The monoisotopic (exact) mass is 386 g/mol. The number of carbonyl (C=O) groups is 1. The van der Waals surface area contributed by atoms with E-state index in [9.17, 15) is 18.3 Å². The summed E-state index contributed by atoms with van der Waals surface area (Å²) in [7, 11) is -3.41. The summed E-state index contributed by atoms with van der Waals surface area (Å²) in [6, 6.07) is 21.9. The minimum absolute atomic E-state index is 0.241. The van der Waals surface area contributed by atoms with E-state index in [0.29, 0.717) is 0 Å². The van der Waals surface area contributed by atoms with Crippen LogP contribution < -0.4 is 4.74 Å². The second-order valence-electron chi connectivity index (χ2n) is 5.35. The lowest BCUT2D eigenvalue weighted by atomic mass is 10.0. The Morgan fingerprint density at radius 3 is 1.81 bits per heavy atom. The van der Waals surface area contributed by atoms with E-state index < -0.39 is 26.5 Å². The number of ketones is 1. The van der Waals surface area contributed by atoms with Gasteiger partial charge in [-0.05, 0) is 6.07 Å². The predicted octanol–water partition coefficient (Wildman–Crippen LogP) is 3.57. The summed E-state index contributed by atoms with van der Waals surface area (Å²) >= 11 is 0. The van der Waals surface area contributed by atoms with Gasteiger partial charge in [-0.3, -0.25) is 9.35 Å². The van der Waals surface area contributed by atoms with Crippen molar-refractivity contribution in [2.45, 2.75) is 4.90 Å². The number of phenols is 1. The molecule has 0 atom stereocenters. The highest BCUT2D eigenvalue weighted by atomic mass is 32.2. The van der Waals surface area contributed by atoms with Crippen molar-refractivity contribution in [1.82, 2.24) is 0 Å². The first-order valence-electron chi connectivity index (χ1n) is 7.83. The first-order valence-corrected chi connectivity index (χ1v) is 9.27. The highest BCUT2D eigenvalue weighted by Gasteiger charge is 2.23. The maximum absolute atomic E-state index is 12.3. The van der Waals surface area contributed by atoms with Crippen LogP contribution in [0.3, 0.4) is 0 Å². The molecule has 2 N–H and O–H groups in total. The second-order valence-corrected chi connectivity index (χ2v) is 6.74. The van der Waals surface area contributed by atoms with Crippen molar-refractivity contribution in [2.75, 3.05) is 7.11 Å². The molecule has 3 aromatic rings. The van der Waals surface area contributed by atoms with Crippen LogP contribution >= 0.6 is 0 Å². The smallest absolute Gasteiger partial charge is 0.298 e. The van der Waals surface area contributed by atoms with Crippen LogP contribution in [0.5, 0.6) is 11.5 Å². The third-order valence-corrected chi connectivity index (χ3v) is 4.38. The SMILES string of the molecule is COc1cc(O)c(C(=O)c2ccccc2)cc1S(=O)(=O)O.c1ccccc1. The number of carbonyl (C=O) groups excluding carboxylic acids is 1. The van der Waals surface area contributed by atoms with Crippen LogP contribution in [0.1, 0.15) is 15.9 Å². The fraction of sp³-hybridized carbons (Fsp3) is 0.0500. The molecule has 6 nitrogen and oxygen atoms in total. The highest BCUT2D eigenvalue weighted by molar-refractivity contribution is 7.86. The van der Waals surface area contributed by atoms with E-state index in [2.05, 4.69) is 0 Å². The summed E-state index contributed by atoms with van der Waals surface area (Å²) in [4.78, 5) is 11.7. The van der Waals surface area contributed by atoms with Crippen LogP contribution in [0, 0.1) is 0 Å². The third kappa shape index (κ3) is 5.40. The molecule has 0 aliphatic heterocycles. The summed E-state index contributed by atoms with van der Waals surface area (Å²) < 4.78 is 36.6. The van der Waals surface area contributed by atoms with E-state index in [4.69, 9.17) is 9.29 Å². The number of benzene rings is 3. The van der Waals surface area contributed by atoms with Gasteiger partial charge in [0, 0.05) is 11.6 Å². The number of phenolic OH excluding ortho intramolecular Hbond substituents is 1. The van der Waals surface area contributed by atoms with Gasteiger partial charge in [-0.2, -0.15) is 8.42 Å². The van der Waals surface area contributed by atoms with E-state index >= 15 is 0 Å². The average Bonchev–Trinajstić information content (AvgIpc) is 2.68. The zero-order valence-electron chi connectivity index (χ0n) is 14.4. The van der Waals surface area contributed by atoms with Crippen LogP contribution in [0.25, 0.3) is 0 Å². The molecule has 0 radical (unpaired) electrons. The molecule has 140 valence electrons. The maximum atomic E-state index is 12.3. The summed E-state index contributed by atoms with van der Waals surface area (Å²) in [5.41, 5.74) is 0.0360. The summed E-state index contributed by atoms with van der Waals surface area (Å²) in [6.45, 7) is 0. The number of hydrogen-bond acceptors (Lipinski definition) is 5. The van der Waals surface area contributed by atoms with Gasteiger partial charge in [-0.1, -0.05) is 66.7 Å². The molecule has 0 saturated carbocycles. The minimum atomic E-state index is -4.59. The zero-order valence-corrected chi connectivity index (χ0v) is 15.3. The van der Waals surface area contributed by atoms with Crippen LogP contribution in [0.15, 0.2) is 83.8 Å². The molecule has 3 aromatic carbocycles. The van der Waals surface area contributed by atoms with Gasteiger partial charge in [0.25, 0.3) is 10.1 Å². The number of ether oxygens (including phenoxy) is 1. The zero-order chi connectivity index (χ0) is 19.9. The van der Waals surface area contributed by atoms with Crippen molar-refractivity contribution in [2.24, 2.45) is 0 Å². The van der Waals surface area contributed by atoms with Gasteiger partial charge in [-0.25, -0.2) is 0 Å². The summed E-state index contributed by atoms with van der Waals surface area (Å²) in [5.74, 6) is -1.26. The van der Waals surface area contributed by atoms with Crippen LogP contribution in [0.2, 0.25) is 0 Å². The fourth-order valence-electron chi connectivity index (χ4n) is 2.22. The first-order chi connectivity index (χ1) is 12.8. The van der Waals surface area contributed by atoms with Gasteiger partial charge in [0.2, 0.25) is 0 Å². The Labute approximate surface area is 157 Å². The minimum Gasteiger partial charge on any atom is -0.507 e. The molecule has 0 amide bonds. The predicted molar refractivity (Wildman–Crippen MR) is 101 cm³/mol.